The molecule has 1 N–H and O–H groups in total. The van der Waals surface area contributed by atoms with Gasteiger partial charge in [0.15, 0.2) is 0 Å². The van der Waals surface area contributed by atoms with E-state index in [-0.39, 0.29) is 10.7 Å². The summed E-state index contributed by atoms with van der Waals surface area (Å²) < 4.78 is 0. The molecule has 1 amide bonds. The zero-order chi connectivity index (χ0) is 15.1. The van der Waals surface area contributed by atoms with Crippen LogP contribution in [0.4, 0.5) is 5.69 Å². The topological polar surface area (TPSA) is 29.1 Å². The maximum absolute atomic E-state index is 11.5. The van der Waals surface area contributed by atoms with E-state index >= 15 is 0 Å². The molecule has 2 aromatic rings. The van der Waals surface area contributed by atoms with Gasteiger partial charge in [-0.3, -0.25) is 4.79 Å². The lowest BCUT2D eigenvalue weighted by molar-refractivity contribution is -0.115. The Labute approximate surface area is 137 Å². The number of amides is 1. The number of fused-ring (bicyclic) bond motifs is 1. The molecule has 0 fully saturated rings. The average Bonchev–Trinajstić information content (AvgIpc) is 2.76. The van der Waals surface area contributed by atoms with Crippen molar-refractivity contribution >= 4 is 39.1 Å². The third-order valence-electron chi connectivity index (χ3n) is 3.82. The summed E-state index contributed by atoms with van der Waals surface area (Å²) in [6.07, 6.45) is 0.423. The predicted octanol–water partition coefficient (Wildman–Crippen LogP) is 4.94. The average molecular weight is 365 g/mol. The van der Waals surface area contributed by atoms with Crippen LogP contribution in [-0.2, 0) is 11.2 Å². The van der Waals surface area contributed by atoms with Gasteiger partial charge in [-0.1, -0.05) is 57.4 Å². The lowest BCUT2D eigenvalue weighted by Crippen LogP contribution is -2.03. The first-order chi connectivity index (χ1) is 9.95. The number of nitrogens with one attached hydrogen (secondary N) is 1. The molecule has 0 saturated heterocycles. The molecule has 0 saturated carbocycles. The van der Waals surface area contributed by atoms with E-state index in [4.69, 9.17) is 11.6 Å². The van der Waals surface area contributed by atoms with Gasteiger partial charge in [-0.05, 0) is 42.2 Å². The fraction of sp³-hybridized carbons (Fsp3) is 0.235. The van der Waals surface area contributed by atoms with E-state index in [1.807, 2.05) is 12.1 Å². The van der Waals surface area contributed by atoms with Gasteiger partial charge < -0.3 is 5.32 Å². The normalized spacial score (nSPS) is 14.8. The lowest BCUT2D eigenvalue weighted by Gasteiger charge is -2.17. The van der Waals surface area contributed by atoms with Gasteiger partial charge in [0.05, 0.1) is 11.2 Å². The Kier molecular flexibility index (Phi) is 3.80. The molecule has 0 spiro atoms. The molecular formula is C17H15BrClNO. The zero-order valence-electron chi connectivity index (χ0n) is 11.8. The first kappa shape index (κ1) is 14.6. The highest BCUT2D eigenvalue weighted by molar-refractivity contribution is 9.09. The number of carbonyl (C=O) groups excluding carboxylic acids is 1. The van der Waals surface area contributed by atoms with Gasteiger partial charge in [0.2, 0.25) is 5.91 Å². The largest absolute Gasteiger partial charge is 0.325 e. The lowest BCUT2D eigenvalue weighted by atomic mass is 9.97. The number of rotatable bonds is 2. The number of aryl methyl sites for hydroxylation is 2. The second-order valence-electron chi connectivity index (χ2n) is 5.48. The Bertz CT molecular complexity index is 742. The third-order valence-corrected chi connectivity index (χ3v) is 5.13. The minimum atomic E-state index is 0.0200. The van der Waals surface area contributed by atoms with Gasteiger partial charge >= 0.3 is 0 Å². The maximum atomic E-state index is 11.5. The summed E-state index contributed by atoms with van der Waals surface area (Å²) in [5.41, 5.74) is 6.50. The van der Waals surface area contributed by atoms with Crippen LogP contribution in [0.25, 0.3) is 0 Å². The molecule has 1 aliphatic heterocycles. The number of carbonyl (C=O) groups is 1. The van der Waals surface area contributed by atoms with Crippen molar-refractivity contribution in [1.82, 2.24) is 0 Å². The first-order valence-electron chi connectivity index (χ1n) is 6.79. The van der Waals surface area contributed by atoms with Crippen LogP contribution >= 0.6 is 27.5 Å². The van der Waals surface area contributed by atoms with Crippen LogP contribution in [0, 0.1) is 13.8 Å². The highest BCUT2D eigenvalue weighted by atomic mass is 79.9. The third kappa shape index (κ3) is 2.72. The minimum absolute atomic E-state index is 0.0200. The molecule has 108 valence electrons. The maximum Gasteiger partial charge on any atom is 0.228 e. The Morgan fingerprint density at radius 3 is 2.67 bits per heavy atom. The van der Waals surface area contributed by atoms with E-state index in [9.17, 15) is 4.79 Å². The molecule has 3 rings (SSSR count). The van der Waals surface area contributed by atoms with Crippen LogP contribution in [0.5, 0.6) is 0 Å². The number of anilines is 1. The summed E-state index contributed by atoms with van der Waals surface area (Å²) in [7, 11) is 0. The summed E-state index contributed by atoms with van der Waals surface area (Å²) in [6, 6.07) is 10.2. The Morgan fingerprint density at radius 1 is 1.19 bits per heavy atom. The van der Waals surface area contributed by atoms with Crippen molar-refractivity contribution in [3.63, 3.8) is 0 Å². The summed E-state index contributed by atoms with van der Waals surface area (Å²) in [5, 5.41) is 3.49. The van der Waals surface area contributed by atoms with Crippen LogP contribution in [0.2, 0.25) is 5.02 Å². The van der Waals surface area contributed by atoms with Crippen molar-refractivity contribution in [3.05, 3.63) is 63.2 Å². The van der Waals surface area contributed by atoms with Crippen molar-refractivity contribution in [2.45, 2.75) is 25.1 Å². The van der Waals surface area contributed by atoms with Crippen LogP contribution in [0.15, 0.2) is 30.3 Å². The Morgan fingerprint density at radius 2 is 1.95 bits per heavy atom. The molecule has 4 heteroatoms. The quantitative estimate of drug-likeness (QED) is 0.752. The van der Waals surface area contributed by atoms with Crippen molar-refractivity contribution in [2.24, 2.45) is 0 Å². The fourth-order valence-corrected chi connectivity index (χ4v) is 4.04. The van der Waals surface area contributed by atoms with Crippen molar-refractivity contribution in [1.29, 1.82) is 0 Å². The van der Waals surface area contributed by atoms with Gasteiger partial charge in [0.25, 0.3) is 0 Å². The van der Waals surface area contributed by atoms with Gasteiger partial charge in [0, 0.05) is 10.7 Å². The van der Waals surface area contributed by atoms with Crippen LogP contribution < -0.4 is 5.32 Å². The number of hydrogen-bond donors (Lipinski definition) is 1. The molecule has 1 atom stereocenters. The van der Waals surface area contributed by atoms with Gasteiger partial charge in [0.1, 0.15) is 0 Å². The number of benzene rings is 2. The van der Waals surface area contributed by atoms with Crippen LogP contribution in [0.3, 0.4) is 0 Å². The van der Waals surface area contributed by atoms with Gasteiger partial charge in [-0.2, -0.15) is 0 Å². The van der Waals surface area contributed by atoms with E-state index in [2.05, 4.69) is 53.3 Å². The zero-order valence-corrected chi connectivity index (χ0v) is 14.2. The Balaban J connectivity index is 2.04. The Hall–Kier alpha value is -1.32. The summed E-state index contributed by atoms with van der Waals surface area (Å²) >= 11 is 10.2. The molecular weight excluding hydrogens is 350 g/mol. The highest BCUT2D eigenvalue weighted by Gasteiger charge is 2.23. The molecule has 2 aromatic carbocycles. The molecule has 0 aromatic heterocycles. The summed E-state index contributed by atoms with van der Waals surface area (Å²) in [5.74, 6) is 0.0239. The predicted molar refractivity (Wildman–Crippen MR) is 90.5 cm³/mol. The van der Waals surface area contributed by atoms with Crippen molar-refractivity contribution < 1.29 is 4.79 Å². The smallest absolute Gasteiger partial charge is 0.228 e. The second kappa shape index (κ2) is 5.47. The van der Waals surface area contributed by atoms with E-state index in [1.54, 1.807) is 0 Å². The molecule has 1 unspecified atom stereocenters. The standard InChI is InChI=1S/C17H15BrClNO/c1-9-3-4-12(10(2)5-9)17(18)13-6-11-7-16(21)20-15(11)8-14(13)19/h3-6,8,17H,7H2,1-2H3,(H,20,21). The number of halogens is 2. The van der Waals surface area contributed by atoms with E-state index in [1.165, 1.54) is 16.7 Å². The molecule has 2 nitrogen and oxygen atoms in total. The van der Waals surface area contributed by atoms with Crippen molar-refractivity contribution in [3.8, 4) is 0 Å². The first-order valence-corrected chi connectivity index (χ1v) is 8.08. The fourth-order valence-electron chi connectivity index (χ4n) is 2.74. The summed E-state index contributed by atoms with van der Waals surface area (Å²) in [4.78, 5) is 11.5. The molecule has 0 radical (unpaired) electrons. The number of hydrogen-bond acceptors (Lipinski definition) is 1. The van der Waals surface area contributed by atoms with Gasteiger partial charge in [-0.15, -0.1) is 0 Å². The monoisotopic (exact) mass is 363 g/mol. The van der Waals surface area contributed by atoms with Crippen molar-refractivity contribution in [2.75, 3.05) is 5.32 Å². The minimum Gasteiger partial charge on any atom is -0.325 e. The summed E-state index contributed by atoms with van der Waals surface area (Å²) in [6.45, 7) is 4.18. The molecule has 1 aliphatic rings. The molecule has 1 heterocycles. The SMILES string of the molecule is Cc1ccc(C(Br)c2cc3c(cc2Cl)NC(=O)C3)c(C)c1. The van der Waals surface area contributed by atoms with Crippen LogP contribution in [0.1, 0.15) is 32.6 Å². The van der Waals surface area contributed by atoms with E-state index in [0.29, 0.717) is 11.4 Å². The van der Waals surface area contributed by atoms with Crippen LogP contribution in [-0.4, -0.2) is 5.91 Å². The number of alkyl halides is 1. The van der Waals surface area contributed by atoms with Gasteiger partial charge in [-0.25, -0.2) is 0 Å². The molecule has 0 bridgehead atoms. The second-order valence-corrected chi connectivity index (χ2v) is 6.80. The molecule has 21 heavy (non-hydrogen) atoms. The highest BCUT2D eigenvalue weighted by Crippen LogP contribution is 2.40. The molecule has 0 aliphatic carbocycles. The van der Waals surface area contributed by atoms with E-state index in [0.717, 1.165) is 16.8 Å². The van der Waals surface area contributed by atoms with E-state index < -0.39 is 0 Å².